The Balaban J connectivity index is 1.61. The molecule has 1 aliphatic heterocycles. The van der Waals surface area contributed by atoms with Gasteiger partial charge < -0.3 is 10.1 Å². The van der Waals surface area contributed by atoms with E-state index in [0.717, 1.165) is 18.6 Å². The Bertz CT molecular complexity index is 677. The van der Waals surface area contributed by atoms with Crippen LogP contribution in [0.25, 0.3) is 0 Å². The molecule has 2 aliphatic rings. The third-order valence-corrected chi connectivity index (χ3v) is 6.54. The van der Waals surface area contributed by atoms with E-state index in [-0.39, 0.29) is 23.5 Å². The fourth-order valence-electron chi connectivity index (χ4n) is 3.34. The molecule has 5 nitrogen and oxygen atoms in total. The molecule has 23 heavy (non-hydrogen) atoms. The fourth-order valence-corrected chi connectivity index (χ4v) is 5.43. The highest BCUT2D eigenvalue weighted by molar-refractivity contribution is 7.91. The lowest BCUT2D eigenvalue weighted by molar-refractivity contribution is 0.0915. The van der Waals surface area contributed by atoms with E-state index in [1.807, 2.05) is 0 Å². The van der Waals surface area contributed by atoms with Gasteiger partial charge in [0, 0.05) is 5.56 Å². The predicted octanol–water partition coefficient (Wildman–Crippen LogP) is 2.32. The molecule has 0 aromatic heterocycles. The van der Waals surface area contributed by atoms with E-state index in [2.05, 4.69) is 5.32 Å². The van der Waals surface area contributed by atoms with Gasteiger partial charge in [-0.3, -0.25) is 4.79 Å². The summed E-state index contributed by atoms with van der Waals surface area (Å²) in [7, 11) is -3.04. The van der Waals surface area contributed by atoms with Crippen LogP contribution in [0.1, 0.15) is 49.4 Å². The lowest BCUT2D eigenvalue weighted by atomic mass is 10.0. The van der Waals surface area contributed by atoms with Crippen LogP contribution in [-0.2, 0) is 9.84 Å². The molecule has 1 saturated heterocycles. The van der Waals surface area contributed by atoms with E-state index < -0.39 is 15.4 Å². The summed E-state index contributed by atoms with van der Waals surface area (Å²) in [6.45, 7) is 1.78. The van der Waals surface area contributed by atoms with E-state index in [1.165, 1.54) is 12.8 Å². The van der Waals surface area contributed by atoms with E-state index in [1.54, 1.807) is 31.2 Å². The zero-order valence-corrected chi connectivity index (χ0v) is 14.2. The number of hydrogen-bond donors (Lipinski definition) is 1. The van der Waals surface area contributed by atoms with E-state index in [0.29, 0.717) is 12.0 Å². The Hall–Kier alpha value is -1.56. The SMILES string of the molecule is C[C@]1(NC(=O)c2ccc(OC3CCCC3)cc2)CCS(=O)(=O)C1. The molecule has 126 valence electrons. The van der Waals surface area contributed by atoms with Crippen molar-refractivity contribution in [2.45, 2.75) is 50.7 Å². The van der Waals surface area contributed by atoms with Crippen LogP contribution in [0.2, 0.25) is 0 Å². The number of carbonyl (C=O) groups excluding carboxylic acids is 1. The highest BCUT2D eigenvalue weighted by Gasteiger charge is 2.39. The van der Waals surface area contributed by atoms with Gasteiger partial charge in [0.1, 0.15) is 5.75 Å². The average molecular weight is 337 g/mol. The molecule has 1 amide bonds. The van der Waals surface area contributed by atoms with Crippen molar-refractivity contribution in [3.63, 3.8) is 0 Å². The van der Waals surface area contributed by atoms with Crippen LogP contribution in [0.15, 0.2) is 24.3 Å². The van der Waals surface area contributed by atoms with Gasteiger partial charge >= 0.3 is 0 Å². The summed E-state index contributed by atoms with van der Waals surface area (Å²) in [5.41, 5.74) is -0.149. The Morgan fingerprint density at radius 2 is 1.87 bits per heavy atom. The summed E-state index contributed by atoms with van der Waals surface area (Å²) in [6.07, 6.45) is 5.37. The van der Waals surface area contributed by atoms with Crippen molar-refractivity contribution in [1.82, 2.24) is 5.32 Å². The number of ether oxygens (including phenoxy) is 1. The van der Waals surface area contributed by atoms with Crippen molar-refractivity contribution in [1.29, 1.82) is 0 Å². The molecule has 1 aromatic carbocycles. The summed E-state index contributed by atoms with van der Waals surface area (Å²) in [5, 5.41) is 2.86. The highest BCUT2D eigenvalue weighted by atomic mass is 32.2. The first-order valence-electron chi connectivity index (χ1n) is 8.15. The molecule has 0 unspecified atom stereocenters. The Labute approximate surface area is 137 Å². The second-order valence-corrected chi connectivity index (χ2v) is 9.09. The third-order valence-electron chi connectivity index (χ3n) is 4.64. The molecule has 1 N–H and O–H groups in total. The first-order chi connectivity index (χ1) is 10.9. The number of sulfone groups is 1. The minimum absolute atomic E-state index is 0.00855. The van der Waals surface area contributed by atoms with Crippen LogP contribution < -0.4 is 10.1 Å². The van der Waals surface area contributed by atoms with Crippen molar-refractivity contribution in [3.05, 3.63) is 29.8 Å². The number of amides is 1. The number of carbonyl (C=O) groups is 1. The van der Waals surface area contributed by atoms with Crippen molar-refractivity contribution in [2.24, 2.45) is 0 Å². The van der Waals surface area contributed by atoms with Gasteiger partial charge in [-0.05, 0) is 63.3 Å². The van der Waals surface area contributed by atoms with Crippen LogP contribution in [0.5, 0.6) is 5.75 Å². The lowest BCUT2D eigenvalue weighted by Crippen LogP contribution is -2.46. The number of rotatable bonds is 4. The van der Waals surface area contributed by atoms with Crippen LogP contribution in [0, 0.1) is 0 Å². The number of benzene rings is 1. The molecule has 1 aliphatic carbocycles. The molecule has 2 fully saturated rings. The molecule has 1 aromatic rings. The van der Waals surface area contributed by atoms with Crippen molar-refractivity contribution < 1.29 is 17.9 Å². The topological polar surface area (TPSA) is 72.5 Å². The normalized spacial score (nSPS) is 27.0. The first kappa shape index (κ1) is 16.3. The second kappa shape index (κ2) is 6.15. The lowest BCUT2D eigenvalue weighted by Gasteiger charge is -2.24. The monoisotopic (exact) mass is 337 g/mol. The molecular weight excluding hydrogens is 314 g/mol. The third kappa shape index (κ3) is 4.05. The molecule has 0 radical (unpaired) electrons. The summed E-state index contributed by atoms with van der Waals surface area (Å²) in [5.74, 6) is 0.687. The predicted molar refractivity (Wildman–Crippen MR) is 88.5 cm³/mol. The number of hydrogen-bond acceptors (Lipinski definition) is 4. The molecule has 3 rings (SSSR count). The fraction of sp³-hybridized carbons (Fsp3) is 0.588. The van der Waals surface area contributed by atoms with Gasteiger partial charge in [-0.2, -0.15) is 0 Å². The minimum atomic E-state index is -3.04. The first-order valence-corrected chi connectivity index (χ1v) is 9.97. The quantitative estimate of drug-likeness (QED) is 0.915. The van der Waals surface area contributed by atoms with Crippen molar-refractivity contribution >= 4 is 15.7 Å². The maximum atomic E-state index is 12.3. The van der Waals surface area contributed by atoms with Gasteiger partial charge in [0.2, 0.25) is 0 Å². The Kier molecular flexibility index (Phi) is 4.36. The maximum absolute atomic E-state index is 12.3. The maximum Gasteiger partial charge on any atom is 0.251 e. The van der Waals surface area contributed by atoms with Crippen molar-refractivity contribution in [2.75, 3.05) is 11.5 Å². The highest BCUT2D eigenvalue weighted by Crippen LogP contribution is 2.25. The number of nitrogens with one attached hydrogen (secondary N) is 1. The molecule has 6 heteroatoms. The van der Waals surface area contributed by atoms with Gasteiger partial charge in [0.15, 0.2) is 9.84 Å². The zero-order chi connectivity index (χ0) is 16.5. The van der Waals surface area contributed by atoms with Crippen molar-refractivity contribution in [3.8, 4) is 5.75 Å². The van der Waals surface area contributed by atoms with E-state index in [9.17, 15) is 13.2 Å². The van der Waals surface area contributed by atoms with Crippen LogP contribution in [0.3, 0.4) is 0 Å². The Morgan fingerprint density at radius 3 is 2.43 bits per heavy atom. The molecule has 0 spiro atoms. The van der Waals surface area contributed by atoms with E-state index >= 15 is 0 Å². The Morgan fingerprint density at radius 1 is 1.22 bits per heavy atom. The summed E-state index contributed by atoms with van der Waals surface area (Å²) >= 11 is 0. The smallest absolute Gasteiger partial charge is 0.251 e. The van der Waals surface area contributed by atoms with Crippen LogP contribution >= 0.6 is 0 Å². The summed E-state index contributed by atoms with van der Waals surface area (Å²) in [6, 6.07) is 7.07. The minimum Gasteiger partial charge on any atom is -0.490 e. The zero-order valence-electron chi connectivity index (χ0n) is 13.4. The molecule has 1 heterocycles. The summed E-state index contributed by atoms with van der Waals surface area (Å²) in [4.78, 5) is 12.3. The van der Waals surface area contributed by atoms with Gasteiger partial charge in [0.25, 0.3) is 5.91 Å². The standard InChI is InChI=1S/C17H23NO4S/c1-17(10-11-23(20,21)12-17)18-16(19)13-6-8-15(9-7-13)22-14-4-2-3-5-14/h6-9,14H,2-5,10-12H2,1H3,(H,18,19)/t17-/m0/s1. The average Bonchev–Trinajstić information content (AvgIpc) is 3.07. The van der Waals surface area contributed by atoms with Crippen LogP contribution in [-0.4, -0.2) is 37.5 Å². The van der Waals surface area contributed by atoms with Gasteiger partial charge in [-0.15, -0.1) is 0 Å². The molecular formula is C17H23NO4S. The van der Waals surface area contributed by atoms with E-state index in [4.69, 9.17) is 4.74 Å². The molecule has 1 atom stereocenters. The van der Waals surface area contributed by atoms with Gasteiger partial charge in [0.05, 0.1) is 23.1 Å². The van der Waals surface area contributed by atoms with Gasteiger partial charge in [-0.25, -0.2) is 8.42 Å². The second-order valence-electron chi connectivity index (χ2n) is 6.91. The molecule has 0 bridgehead atoms. The molecule has 1 saturated carbocycles. The largest absolute Gasteiger partial charge is 0.490 e. The summed E-state index contributed by atoms with van der Waals surface area (Å²) < 4.78 is 29.1. The van der Waals surface area contributed by atoms with Gasteiger partial charge in [-0.1, -0.05) is 0 Å². The van der Waals surface area contributed by atoms with Crippen LogP contribution in [0.4, 0.5) is 0 Å².